The predicted octanol–water partition coefficient (Wildman–Crippen LogP) is 3.05. The van der Waals surface area contributed by atoms with Crippen LogP contribution in [-0.2, 0) is 4.74 Å². The molecule has 1 aliphatic carbocycles. The largest absolute Gasteiger partial charge is 0.380 e. The Bertz CT molecular complexity index is 852. The van der Waals surface area contributed by atoms with Gasteiger partial charge < -0.3 is 9.64 Å². The first kappa shape index (κ1) is 18.1. The summed E-state index contributed by atoms with van der Waals surface area (Å²) < 4.78 is 6.04. The highest BCUT2D eigenvalue weighted by Gasteiger charge is 2.56. The lowest BCUT2D eigenvalue weighted by molar-refractivity contribution is 0.0586. The summed E-state index contributed by atoms with van der Waals surface area (Å²) in [6.07, 6.45) is 4.37. The molecular formula is C23H29N3O2. The van der Waals surface area contributed by atoms with Crippen molar-refractivity contribution in [2.24, 2.45) is 17.8 Å². The number of benzene rings is 1. The normalized spacial score (nSPS) is 27.9. The molecule has 28 heavy (non-hydrogen) atoms. The van der Waals surface area contributed by atoms with E-state index in [4.69, 9.17) is 4.74 Å². The van der Waals surface area contributed by atoms with E-state index >= 15 is 0 Å². The maximum Gasteiger partial charge on any atom is 0.255 e. The first-order valence-corrected chi connectivity index (χ1v) is 10.7. The van der Waals surface area contributed by atoms with Gasteiger partial charge in [-0.05, 0) is 62.7 Å². The van der Waals surface area contributed by atoms with Crippen molar-refractivity contribution in [3.63, 3.8) is 0 Å². The number of hydrogen-bond donors (Lipinski definition) is 0. The minimum Gasteiger partial charge on any atom is -0.380 e. The smallest absolute Gasteiger partial charge is 0.255 e. The van der Waals surface area contributed by atoms with Crippen LogP contribution in [0.4, 0.5) is 0 Å². The number of nitrogens with zero attached hydrogens (tertiary/aromatic N) is 3. The van der Waals surface area contributed by atoms with Gasteiger partial charge in [0.15, 0.2) is 0 Å². The summed E-state index contributed by atoms with van der Waals surface area (Å²) in [6.45, 7) is 8.14. The molecule has 3 unspecified atom stereocenters. The molecule has 148 valence electrons. The van der Waals surface area contributed by atoms with Crippen molar-refractivity contribution in [2.45, 2.75) is 25.8 Å². The van der Waals surface area contributed by atoms with E-state index in [2.05, 4.69) is 16.8 Å². The fraction of sp³-hybridized carbons (Fsp3) is 0.565. The Morgan fingerprint density at radius 1 is 1.21 bits per heavy atom. The molecule has 1 amide bonds. The summed E-state index contributed by atoms with van der Waals surface area (Å²) >= 11 is 0. The number of likely N-dealkylation sites (tertiary alicyclic amines) is 2. The van der Waals surface area contributed by atoms with Crippen LogP contribution in [0.1, 0.15) is 30.1 Å². The SMILES string of the molecule is CC(COCC1C2CN(C(=O)c3cnc4ccccc4c3)CC12)N1CCCC1. The summed E-state index contributed by atoms with van der Waals surface area (Å²) in [6, 6.07) is 10.4. The van der Waals surface area contributed by atoms with Crippen LogP contribution in [0.5, 0.6) is 0 Å². The number of carbonyl (C=O) groups is 1. The zero-order chi connectivity index (χ0) is 19.1. The maximum atomic E-state index is 12.9. The van der Waals surface area contributed by atoms with E-state index < -0.39 is 0 Å². The number of hydrogen-bond acceptors (Lipinski definition) is 4. The molecule has 1 aromatic heterocycles. The second-order valence-electron chi connectivity index (χ2n) is 8.75. The number of aromatic nitrogens is 1. The minimum absolute atomic E-state index is 0.118. The second kappa shape index (κ2) is 7.45. The number of ether oxygens (including phenoxy) is 1. The van der Waals surface area contributed by atoms with Gasteiger partial charge >= 0.3 is 0 Å². The van der Waals surface area contributed by atoms with Gasteiger partial charge in [-0.25, -0.2) is 0 Å². The molecule has 1 aromatic carbocycles. The van der Waals surface area contributed by atoms with Crippen LogP contribution in [0.2, 0.25) is 0 Å². The quantitative estimate of drug-likeness (QED) is 0.774. The Morgan fingerprint density at radius 3 is 2.75 bits per heavy atom. The molecule has 0 bridgehead atoms. The van der Waals surface area contributed by atoms with Gasteiger partial charge in [-0.15, -0.1) is 0 Å². The highest BCUT2D eigenvalue weighted by atomic mass is 16.5. The Hall–Kier alpha value is -1.98. The molecule has 2 aliphatic heterocycles. The second-order valence-corrected chi connectivity index (χ2v) is 8.75. The third-order valence-corrected chi connectivity index (χ3v) is 6.93. The van der Waals surface area contributed by atoms with Crippen molar-refractivity contribution < 1.29 is 9.53 Å². The Labute approximate surface area is 166 Å². The lowest BCUT2D eigenvalue weighted by atomic mass is 10.1. The molecule has 3 aliphatic rings. The molecule has 5 heteroatoms. The van der Waals surface area contributed by atoms with Gasteiger partial charge in [0.25, 0.3) is 5.91 Å². The molecule has 5 rings (SSSR count). The predicted molar refractivity (Wildman–Crippen MR) is 109 cm³/mol. The molecule has 3 atom stereocenters. The van der Waals surface area contributed by atoms with Crippen LogP contribution in [0, 0.1) is 17.8 Å². The number of para-hydroxylation sites is 1. The third-order valence-electron chi connectivity index (χ3n) is 6.93. The molecular weight excluding hydrogens is 350 g/mol. The molecule has 2 saturated heterocycles. The Kier molecular flexibility index (Phi) is 4.81. The Morgan fingerprint density at radius 2 is 1.96 bits per heavy atom. The number of fused-ring (bicyclic) bond motifs is 2. The molecule has 3 fully saturated rings. The topological polar surface area (TPSA) is 45.7 Å². The van der Waals surface area contributed by atoms with Gasteiger partial charge in [0.05, 0.1) is 24.3 Å². The van der Waals surface area contributed by atoms with E-state index in [0.717, 1.165) is 37.2 Å². The van der Waals surface area contributed by atoms with Crippen molar-refractivity contribution in [2.75, 3.05) is 39.4 Å². The minimum atomic E-state index is 0.118. The van der Waals surface area contributed by atoms with Gasteiger partial charge in [0.1, 0.15) is 0 Å². The van der Waals surface area contributed by atoms with E-state index in [1.54, 1.807) is 6.20 Å². The van der Waals surface area contributed by atoms with Crippen molar-refractivity contribution in [1.29, 1.82) is 0 Å². The van der Waals surface area contributed by atoms with Crippen LogP contribution in [0.25, 0.3) is 10.9 Å². The fourth-order valence-corrected chi connectivity index (χ4v) is 5.10. The zero-order valence-electron chi connectivity index (χ0n) is 16.6. The molecule has 1 saturated carbocycles. The van der Waals surface area contributed by atoms with Crippen LogP contribution < -0.4 is 0 Å². The molecule has 3 heterocycles. The lowest BCUT2D eigenvalue weighted by Gasteiger charge is -2.24. The summed E-state index contributed by atoms with van der Waals surface area (Å²) in [4.78, 5) is 21.8. The van der Waals surface area contributed by atoms with E-state index in [-0.39, 0.29) is 5.91 Å². The van der Waals surface area contributed by atoms with E-state index in [9.17, 15) is 4.79 Å². The molecule has 0 N–H and O–H groups in total. The van der Waals surface area contributed by atoms with Crippen molar-refractivity contribution in [3.8, 4) is 0 Å². The number of piperidine rings is 1. The average molecular weight is 380 g/mol. The van der Waals surface area contributed by atoms with E-state index in [1.165, 1.54) is 25.9 Å². The molecule has 0 radical (unpaired) electrons. The van der Waals surface area contributed by atoms with Gasteiger partial charge in [0, 0.05) is 30.7 Å². The Balaban J connectivity index is 1.10. The van der Waals surface area contributed by atoms with Gasteiger partial charge in [-0.1, -0.05) is 18.2 Å². The summed E-state index contributed by atoms with van der Waals surface area (Å²) in [7, 11) is 0. The number of amides is 1. The number of pyridine rings is 1. The highest BCUT2D eigenvalue weighted by Crippen LogP contribution is 2.52. The van der Waals surface area contributed by atoms with Crippen LogP contribution in [0.15, 0.2) is 36.5 Å². The lowest BCUT2D eigenvalue weighted by Crippen LogP contribution is -2.34. The molecule has 2 aromatic rings. The summed E-state index contributed by atoms with van der Waals surface area (Å²) in [5.41, 5.74) is 1.64. The molecule has 0 spiro atoms. The van der Waals surface area contributed by atoms with Gasteiger partial charge in [-0.2, -0.15) is 0 Å². The van der Waals surface area contributed by atoms with Crippen LogP contribution in [-0.4, -0.2) is 66.1 Å². The van der Waals surface area contributed by atoms with Crippen molar-refractivity contribution >= 4 is 16.8 Å². The first-order chi connectivity index (χ1) is 13.7. The third kappa shape index (κ3) is 3.42. The summed E-state index contributed by atoms with van der Waals surface area (Å²) in [5.74, 6) is 2.01. The maximum absolute atomic E-state index is 12.9. The van der Waals surface area contributed by atoms with Gasteiger partial charge in [0.2, 0.25) is 0 Å². The van der Waals surface area contributed by atoms with Crippen LogP contribution in [0.3, 0.4) is 0 Å². The van der Waals surface area contributed by atoms with Crippen LogP contribution >= 0.6 is 0 Å². The average Bonchev–Trinajstić information content (AvgIpc) is 3.16. The highest BCUT2D eigenvalue weighted by molar-refractivity contribution is 5.97. The first-order valence-electron chi connectivity index (χ1n) is 10.7. The van der Waals surface area contributed by atoms with Gasteiger partial charge in [-0.3, -0.25) is 14.7 Å². The van der Waals surface area contributed by atoms with E-state index in [0.29, 0.717) is 29.4 Å². The zero-order valence-corrected chi connectivity index (χ0v) is 16.6. The monoisotopic (exact) mass is 379 g/mol. The standard InChI is InChI=1S/C23H29N3O2/c1-16(25-8-4-5-9-25)14-28-15-21-19-12-26(13-20(19)21)23(27)18-10-17-6-2-3-7-22(17)24-11-18/h2-3,6-7,10-11,16,19-21H,4-5,8-9,12-15H2,1H3. The van der Waals surface area contributed by atoms with Crippen molar-refractivity contribution in [3.05, 3.63) is 42.1 Å². The molecule has 5 nitrogen and oxygen atoms in total. The summed E-state index contributed by atoms with van der Waals surface area (Å²) in [5, 5.41) is 1.02. The number of carbonyl (C=O) groups excluding carboxylic acids is 1. The fourth-order valence-electron chi connectivity index (χ4n) is 5.10. The number of rotatable bonds is 6. The van der Waals surface area contributed by atoms with E-state index in [1.807, 2.05) is 35.2 Å². The van der Waals surface area contributed by atoms with Crippen molar-refractivity contribution in [1.82, 2.24) is 14.8 Å².